The summed E-state index contributed by atoms with van der Waals surface area (Å²) in [4.78, 5) is 24.8. The third-order valence-corrected chi connectivity index (χ3v) is 3.07. The zero-order chi connectivity index (χ0) is 13.0. The topological polar surface area (TPSA) is 89.4 Å². The lowest BCUT2D eigenvalue weighted by atomic mass is 10.1. The maximum Gasteiger partial charge on any atom is 0.237 e. The molecule has 0 aliphatic heterocycles. The molecule has 2 unspecified atom stereocenters. The lowest BCUT2D eigenvalue weighted by Gasteiger charge is -2.26. The van der Waals surface area contributed by atoms with Crippen LogP contribution in [-0.2, 0) is 9.59 Å². The Morgan fingerprint density at radius 1 is 1.35 bits per heavy atom. The van der Waals surface area contributed by atoms with Gasteiger partial charge in [0.2, 0.25) is 11.8 Å². The average molecular weight is 241 g/mol. The van der Waals surface area contributed by atoms with Gasteiger partial charge in [-0.3, -0.25) is 9.59 Å². The van der Waals surface area contributed by atoms with Gasteiger partial charge in [-0.25, -0.2) is 0 Å². The molecule has 2 atom stereocenters. The first-order valence-corrected chi connectivity index (χ1v) is 6.22. The van der Waals surface area contributed by atoms with E-state index >= 15 is 0 Å². The lowest BCUT2D eigenvalue weighted by Crippen LogP contribution is -2.43. The molecule has 0 saturated heterocycles. The fourth-order valence-electron chi connectivity index (χ4n) is 2.36. The first-order chi connectivity index (χ1) is 7.90. The van der Waals surface area contributed by atoms with Crippen LogP contribution in [0.25, 0.3) is 0 Å². The largest absolute Gasteiger partial charge is 0.368 e. The summed E-state index contributed by atoms with van der Waals surface area (Å²) >= 11 is 0. The summed E-state index contributed by atoms with van der Waals surface area (Å²) in [7, 11) is 0. The van der Waals surface area contributed by atoms with Gasteiger partial charge in [-0.15, -0.1) is 0 Å². The molecule has 0 spiro atoms. The Labute approximate surface area is 103 Å². The first-order valence-electron chi connectivity index (χ1n) is 6.22. The summed E-state index contributed by atoms with van der Waals surface area (Å²) in [6.07, 6.45) is 2.45. The number of primary amides is 1. The van der Waals surface area contributed by atoms with Crippen molar-refractivity contribution in [3.63, 3.8) is 0 Å². The fourth-order valence-corrected chi connectivity index (χ4v) is 2.36. The zero-order valence-electron chi connectivity index (χ0n) is 10.7. The van der Waals surface area contributed by atoms with Crippen molar-refractivity contribution in [3.8, 4) is 0 Å². The monoisotopic (exact) mass is 241 g/mol. The van der Waals surface area contributed by atoms with E-state index in [0.717, 1.165) is 19.3 Å². The van der Waals surface area contributed by atoms with E-state index < -0.39 is 5.91 Å². The van der Waals surface area contributed by atoms with E-state index in [1.165, 1.54) is 0 Å². The van der Waals surface area contributed by atoms with Crippen LogP contribution in [0, 0.1) is 11.8 Å². The maximum absolute atomic E-state index is 12.2. The second-order valence-corrected chi connectivity index (χ2v) is 5.35. The van der Waals surface area contributed by atoms with Crippen molar-refractivity contribution in [1.82, 2.24) is 4.90 Å². The number of hydrogen-bond acceptors (Lipinski definition) is 3. The highest BCUT2D eigenvalue weighted by Crippen LogP contribution is 2.26. The van der Waals surface area contributed by atoms with Crippen molar-refractivity contribution in [2.75, 3.05) is 13.1 Å². The number of nitrogens with two attached hydrogens (primary N) is 2. The number of amides is 2. The van der Waals surface area contributed by atoms with Crippen molar-refractivity contribution in [3.05, 3.63) is 0 Å². The van der Waals surface area contributed by atoms with Gasteiger partial charge in [0.1, 0.15) is 0 Å². The van der Waals surface area contributed by atoms with Crippen LogP contribution in [0.2, 0.25) is 0 Å². The summed E-state index contributed by atoms with van der Waals surface area (Å²) < 4.78 is 0. The summed E-state index contributed by atoms with van der Waals surface area (Å²) in [5, 5.41) is 0. The van der Waals surface area contributed by atoms with Crippen molar-refractivity contribution >= 4 is 11.8 Å². The summed E-state index contributed by atoms with van der Waals surface area (Å²) in [6.45, 7) is 4.62. The molecular weight excluding hydrogens is 218 g/mol. The van der Waals surface area contributed by atoms with Crippen LogP contribution in [-0.4, -0.2) is 35.8 Å². The molecule has 1 aliphatic rings. The van der Waals surface area contributed by atoms with Gasteiger partial charge < -0.3 is 16.4 Å². The Hall–Kier alpha value is -1.10. The fraction of sp³-hybridized carbons (Fsp3) is 0.833. The highest BCUT2D eigenvalue weighted by Gasteiger charge is 2.31. The molecule has 1 aliphatic carbocycles. The highest BCUT2D eigenvalue weighted by atomic mass is 16.2. The molecule has 0 radical (unpaired) electrons. The Kier molecular flexibility index (Phi) is 4.93. The van der Waals surface area contributed by atoms with Gasteiger partial charge in [-0.05, 0) is 25.2 Å². The van der Waals surface area contributed by atoms with Gasteiger partial charge in [-0.1, -0.05) is 13.8 Å². The third kappa shape index (κ3) is 4.34. The quantitative estimate of drug-likeness (QED) is 0.714. The zero-order valence-corrected chi connectivity index (χ0v) is 10.7. The molecule has 0 aromatic carbocycles. The molecule has 5 heteroatoms. The van der Waals surface area contributed by atoms with Crippen molar-refractivity contribution < 1.29 is 9.59 Å². The minimum Gasteiger partial charge on any atom is -0.368 e. The number of rotatable bonds is 5. The predicted molar refractivity (Wildman–Crippen MR) is 65.9 cm³/mol. The number of hydrogen-bond donors (Lipinski definition) is 2. The minimum atomic E-state index is -0.457. The first kappa shape index (κ1) is 14.0. The molecule has 4 N–H and O–H groups in total. The second kappa shape index (κ2) is 6.00. The van der Waals surface area contributed by atoms with E-state index in [1.807, 2.05) is 13.8 Å². The van der Waals surface area contributed by atoms with Crippen molar-refractivity contribution in [2.24, 2.45) is 23.3 Å². The molecule has 1 saturated carbocycles. The van der Waals surface area contributed by atoms with E-state index in [-0.39, 0.29) is 24.4 Å². The third-order valence-electron chi connectivity index (χ3n) is 3.07. The van der Waals surface area contributed by atoms with Crippen LogP contribution in [0.15, 0.2) is 0 Å². The van der Waals surface area contributed by atoms with Crippen molar-refractivity contribution in [1.29, 1.82) is 0 Å². The summed E-state index contributed by atoms with van der Waals surface area (Å²) in [5.41, 5.74) is 11.0. The van der Waals surface area contributed by atoms with Gasteiger partial charge in [0.15, 0.2) is 0 Å². The van der Waals surface area contributed by atoms with Gasteiger partial charge in [-0.2, -0.15) is 0 Å². The second-order valence-electron chi connectivity index (χ2n) is 5.35. The van der Waals surface area contributed by atoms with Crippen LogP contribution in [0.5, 0.6) is 0 Å². The molecule has 98 valence electrons. The Bertz CT molecular complexity index is 291. The molecule has 17 heavy (non-hydrogen) atoms. The Balaban J connectivity index is 2.61. The maximum atomic E-state index is 12.2. The van der Waals surface area contributed by atoms with Crippen LogP contribution >= 0.6 is 0 Å². The van der Waals surface area contributed by atoms with Crippen LogP contribution in [0.3, 0.4) is 0 Å². The lowest BCUT2D eigenvalue weighted by molar-refractivity contribution is -0.139. The molecule has 1 fully saturated rings. The highest BCUT2D eigenvalue weighted by molar-refractivity contribution is 5.85. The van der Waals surface area contributed by atoms with E-state index in [9.17, 15) is 9.59 Å². The average Bonchev–Trinajstić information content (AvgIpc) is 2.61. The summed E-state index contributed by atoms with van der Waals surface area (Å²) in [6, 6.07) is 0.124. The molecular formula is C12H23N3O2. The van der Waals surface area contributed by atoms with E-state index in [1.54, 1.807) is 4.90 Å². The van der Waals surface area contributed by atoms with Gasteiger partial charge in [0.25, 0.3) is 0 Å². The van der Waals surface area contributed by atoms with Crippen LogP contribution in [0.4, 0.5) is 0 Å². The number of nitrogens with zero attached hydrogens (tertiary/aromatic N) is 1. The normalized spacial score (nSPS) is 24.0. The Morgan fingerprint density at radius 3 is 2.41 bits per heavy atom. The van der Waals surface area contributed by atoms with Gasteiger partial charge >= 0.3 is 0 Å². The van der Waals surface area contributed by atoms with Gasteiger partial charge in [0.05, 0.1) is 6.54 Å². The predicted octanol–water partition coefficient (Wildman–Crippen LogP) is 0.0837. The standard InChI is InChI=1S/C12H23N3O2/c1-8(2)6-15(7-11(14)16)12(17)9-3-4-10(13)5-9/h8-10H,3-7,13H2,1-2H3,(H2,14,16). The molecule has 2 amide bonds. The van der Waals surface area contributed by atoms with Gasteiger partial charge in [0, 0.05) is 18.5 Å². The number of carbonyl (C=O) groups excluding carboxylic acids is 2. The minimum absolute atomic E-state index is 0.0166. The van der Waals surface area contributed by atoms with E-state index in [2.05, 4.69) is 0 Å². The molecule has 0 aromatic heterocycles. The molecule has 0 bridgehead atoms. The van der Waals surface area contributed by atoms with Crippen LogP contribution < -0.4 is 11.5 Å². The molecule has 0 aromatic rings. The van der Waals surface area contributed by atoms with Crippen molar-refractivity contribution in [2.45, 2.75) is 39.2 Å². The summed E-state index contributed by atoms with van der Waals surface area (Å²) in [5.74, 6) is -0.122. The van der Waals surface area contributed by atoms with E-state index in [0.29, 0.717) is 12.5 Å². The van der Waals surface area contributed by atoms with Crippen LogP contribution in [0.1, 0.15) is 33.1 Å². The SMILES string of the molecule is CC(C)CN(CC(N)=O)C(=O)C1CCC(N)C1. The molecule has 1 rings (SSSR count). The smallest absolute Gasteiger partial charge is 0.237 e. The Morgan fingerprint density at radius 2 is 2.00 bits per heavy atom. The molecule has 0 heterocycles. The molecule has 5 nitrogen and oxygen atoms in total. The van der Waals surface area contributed by atoms with E-state index in [4.69, 9.17) is 11.5 Å². The number of carbonyl (C=O) groups is 2.